The molecule has 2 aliphatic rings. The van der Waals surface area contributed by atoms with E-state index in [0.717, 1.165) is 33.4 Å². The first-order valence-electron chi connectivity index (χ1n) is 15.5. The van der Waals surface area contributed by atoms with E-state index in [-0.39, 0.29) is 44.0 Å². The Kier molecular flexibility index (Phi) is 10.8. The molecule has 0 aromatic heterocycles. The summed E-state index contributed by atoms with van der Waals surface area (Å²) in [6.45, 7) is 25.3. The Hall–Kier alpha value is -2.32. The molecule has 44 heavy (non-hydrogen) atoms. The zero-order chi connectivity index (χ0) is 33.4. The van der Waals surface area contributed by atoms with E-state index >= 15 is 0 Å². The Bertz CT molecular complexity index is 1200. The summed E-state index contributed by atoms with van der Waals surface area (Å²) in [7, 11) is 0. The highest BCUT2D eigenvalue weighted by molar-refractivity contribution is 8.01. The van der Waals surface area contributed by atoms with Crippen molar-refractivity contribution in [1.82, 2.24) is 10.6 Å². The van der Waals surface area contributed by atoms with E-state index in [1.165, 1.54) is 0 Å². The third kappa shape index (κ3) is 8.90. The van der Waals surface area contributed by atoms with Gasteiger partial charge in [-0.05, 0) is 67.9 Å². The lowest BCUT2D eigenvalue weighted by atomic mass is 9.78. The van der Waals surface area contributed by atoms with Gasteiger partial charge >= 0.3 is 0 Å². The summed E-state index contributed by atoms with van der Waals surface area (Å²) >= 11 is 3.31. The number of rotatable bonds is 4. The van der Waals surface area contributed by atoms with E-state index in [1.807, 2.05) is 0 Å². The minimum Gasteiger partial charge on any atom is -0.507 e. The lowest BCUT2D eigenvalue weighted by Gasteiger charge is -2.28. The van der Waals surface area contributed by atoms with Crippen LogP contribution in [0.1, 0.15) is 116 Å². The van der Waals surface area contributed by atoms with Crippen molar-refractivity contribution in [2.75, 3.05) is 11.8 Å². The van der Waals surface area contributed by atoms with E-state index in [1.54, 1.807) is 23.5 Å². The summed E-state index contributed by atoms with van der Waals surface area (Å²) in [6.07, 6.45) is 1.42. The first kappa shape index (κ1) is 36.2. The number of phenolic OH excluding ortho intramolecular Hbond substituents is 2. The number of carbonyl (C=O) groups excluding carboxylic acids is 2. The van der Waals surface area contributed by atoms with Gasteiger partial charge in [0.05, 0.1) is 22.3 Å². The van der Waals surface area contributed by atoms with Gasteiger partial charge in [-0.15, -0.1) is 23.5 Å². The van der Waals surface area contributed by atoms with Gasteiger partial charge in [0.2, 0.25) is 11.8 Å². The van der Waals surface area contributed by atoms with Crippen molar-refractivity contribution < 1.29 is 19.8 Å². The average molecular weight is 643 g/mol. The molecule has 2 aromatic carbocycles. The van der Waals surface area contributed by atoms with Crippen molar-refractivity contribution in [3.63, 3.8) is 0 Å². The van der Waals surface area contributed by atoms with Crippen LogP contribution in [0.5, 0.6) is 11.5 Å². The van der Waals surface area contributed by atoms with E-state index in [9.17, 15) is 19.8 Å². The molecular weight excluding hydrogens is 589 g/mol. The van der Waals surface area contributed by atoms with Crippen LogP contribution in [0.2, 0.25) is 0 Å². The number of phenols is 2. The number of hydrogen-bond acceptors (Lipinski definition) is 6. The fraction of sp³-hybridized carbons (Fsp3) is 0.611. The molecule has 2 fully saturated rings. The van der Waals surface area contributed by atoms with E-state index < -0.39 is 0 Å². The number of hydrogen-bond donors (Lipinski definition) is 4. The molecule has 0 radical (unpaired) electrons. The Morgan fingerprint density at radius 3 is 1.00 bits per heavy atom. The Morgan fingerprint density at radius 2 is 0.818 bits per heavy atom. The minimum absolute atomic E-state index is 0.0230. The number of thioether (sulfide) groups is 2. The van der Waals surface area contributed by atoms with Crippen LogP contribution < -0.4 is 10.6 Å². The minimum atomic E-state index is -0.134. The van der Waals surface area contributed by atoms with Crippen molar-refractivity contribution in [2.45, 2.75) is 128 Å². The summed E-state index contributed by atoms with van der Waals surface area (Å²) in [4.78, 5) is 23.7. The van der Waals surface area contributed by atoms with Gasteiger partial charge in [0.15, 0.2) is 0 Å². The molecule has 0 saturated carbocycles. The third-order valence-electron chi connectivity index (χ3n) is 8.06. The molecule has 244 valence electrons. The van der Waals surface area contributed by atoms with Crippen molar-refractivity contribution in [3.8, 4) is 11.5 Å². The zero-order valence-corrected chi connectivity index (χ0v) is 30.5. The van der Waals surface area contributed by atoms with Crippen molar-refractivity contribution in [3.05, 3.63) is 57.6 Å². The summed E-state index contributed by atoms with van der Waals surface area (Å²) in [5, 5.41) is 27.1. The summed E-state index contributed by atoms with van der Waals surface area (Å²) in [5.74, 6) is 2.42. The van der Waals surface area contributed by atoms with Crippen LogP contribution in [0.15, 0.2) is 24.3 Å². The van der Waals surface area contributed by atoms with Crippen molar-refractivity contribution in [2.24, 2.45) is 0 Å². The lowest BCUT2D eigenvalue weighted by molar-refractivity contribution is -0.120. The molecule has 4 rings (SSSR count). The summed E-state index contributed by atoms with van der Waals surface area (Å²) < 4.78 is 0. The molecule has 2 aliphatic heterocycles. The monoisotopic (exact) mass is 642 g/mol. The molecule has 0 spiro atoms. The van der Waals surface area contributed by atoms with Crippen LogP contribution in [0.4, 0.5) is 0 Å². The third-order valence-corrected chi connectivity index (χ3v) is 10.2. The highest BCUT2D eigenvalue weighted by Crippen LogP contribution is 2.42. The highest BCUT2D eigenvalue weighted by Gasteiger charge is 2.31. The second-order valence-electron chi connectivity index (χ2n) is 16.2. The summed E-state index contributed by atoms with van der Waals surface area (Å²) in [5.41, 5.74) is 5.55. The quantitative estimate of drug-likeness (QED) is 0.277. The van der Waals surface area contributed by atoms with Gasteiger partial charge in [0.25, 0.3) is 0 Å². The standard InChI is InChI=1S/2C18H27NO2S/c2*1-17(2,3)12-7-11(9-14-16(21)19-10-22-14)8-13(15(12)20)18(4,5)6/h2*7-8,14,20H,9-10H2,1-6H3,(H,19,21)/t2*14-/m00/s1. The molecule has 6 nitrogen and oxygen atoms in total. The molecule has 4 N–H and O–H groups in total. The summed E-state index contributed by atoms with van der Waals surface area (Å²) in [6, 6.07) is 8.26. The maximum absolute atomic E-state index is 11.8. The van der Waals surface area contributed by atoms with E-state index in [2.05, 4.69) is 118 Å². The first-order chi connectivity index (χ1) is 20.0. The smallest absolute Gasteiger partial charge is 0.234 e. The maximum atomic E-state index is 11.8. The van der Waals surface area contributed by atoms with Crippen LogP contribution in [-0.2, 0) is 44.1 Å². The Balaban J connectivity index is 0.000000240. The first-order valence-corrected chi connectivity index (χ1v) is 17.6. The van der Waals surface area contributed by atoms with Crippen LogP contribution in [-0.4, -0.2) is 44.3 Å². The molecule has 0 unspecified atom stereocenters. The Labute approximate surface area is 273 Å². The van der Waals surface area contributed by atoms with Crippen molar-refractivity contribution in [1.29, 1.82) is 0 Å². The van der Waals surface area contributed by atoms with Crippen LogP contribution in [0.25, 0.3) is 0 Å². The second-order valence-corrected chi connectivity index (χ2v) is 18.6. The van der Waals surface area contributed by atoms with Crippen LogP contribution >= 0.6 is 23.5 Å². The largest absolute Gasteiger partial charge is 0.507 e. The number of benzene rings is 2. The zero-order valence-electron chi connectivity index (χ0n) is 28.8. The number of nitrogens with one attached hydrogen (secondary N) is 2. The SMILES string of the molecule is CC(C)(C)c1cc(C[C@@H]2SCNC2=O)cc(C(C)(C)C)c1O.CC(C)(C)c1cc(C[C@@H]2SCNC2=O)cc(C(C)(C)C)c1O. The molecule has 2 amide bonds. The van der Waals surface area contributed by atoms with Gasteiger partial charge in [0, 0.05) is 0 Å². The predicted molar refractivity (Wildman–Crippen MR) is 187 cm³/mol. The molecule has 2 aromatic rings. The average Bonchev–Trinajstić information content (AvgIpc) is 3.45. The highest BCUT2D eigenvalue weighted by atomic mass is 32.2. The van der Waals surface area contributed by atoms with Gasteiger partial charge in [0.1, 0.15) is 11.5 Å². The van der Waals surface area contributed by atoms with E-state index in [4.69, 9.17) is 0 Å². The molecule has 8 heteroatoms. The number of amides is 2. The molecule has 2 atom stereocenters. The van der Waals surface area contributed by atoms with Gasteiger partial charge in [-0.3, -0.25) is 9.59 Å². The number of aromatic hydroxyl groups is 2. The lowest BCUT2D eigenvalue weighted by Crippen LogP contribution is -2.24. The van der Waals surface area contributed by atoms with Gasteiger partial charge in [-0.25, -0.2) is 0 Å². The van der Waals surface area contributed by atoms with Gasteiger partial charge in [-0.1, -0.05) is 107 Å². The molecular formula is C36H54N2O4S2. The van der Waals surface area contributed by atoms with Crippen molar-refractivity contribution >= 4 is 35.3 Å². The molecule has 0 aliphatic carbocycles. The van der Waals surface area contributed by atoms with Crippen LogP contribution in [0.3, 0.4) is 0 Å². The topological polar surface area (TPSA) is 98.7 Å². The van der Waals surface area contributed by atoms with Gasteiger partial charge < -0.3 is 20.8 Å². The number of carbonyl (C=O) groups is 2. The van der Waals surface area contributed by atoms with E-state index in [0.29, 0.717) is 36.1 Å². The molecule has 0 bridgehead atoms. The Morgan fingerprint density at radius 1 is 0.568 bits per heavy atom. The fourth-order valence-electron chi connectivity index (χ4n) is 5.45. The maximum Gasteiger partial charge on any atom is 0.234 e. The normalized spacial score (nSPS) is 19.4. The second kappa shape index (κ2) is 13.2. The molecule has 2 saturated heterocycles. The molecule has 2 heterocycles. The predicted octanol–water partition coefficient (Wildman–Crippen LogP) is 7.44. The van der Waals surface area contributed by atoms with Crippen LogP contribution in [0, 0.1) is 0 Å². The fourth-order valence-corrected chi connectivity index (χ4v) is 7.39. The van der Waals surface area contributed by atoms with Gasteiger partial charge in [-0.2, -0.15) is 0 Å².